The number of hydrogen-bond acceptors (Lipinski definition) is 2. The number of hydrogen-bond donors (Lipinski definition) is 2. The minimum Gasteiger partial charge on any atom is -0.481 e. The van der Waals surface area contributed by atoms with Crippen LogP contribution in [0.15, 0.2) is 24.3 Å². The van der Waals surface area contributed by atoms with Gasteiger partial charge in [0.15, 0.2) is 0 Å². The molecule has 3 nitrogen and oxygen atoms in total. The maximum atomic E-state index is 10.9. The number of benzene rings is 1. The van der Waals surface area contributed by atoms with Gasteiger partial charge in [0.25, 0.3) is 0 Å². The van der Waals surface area contributed by atoms with Crippen LogP contribution in [0, 0.1) is 5.92 Å². The van der Waals surface area contributed by atoms with E-state index < -0.39 is 18.0 Å². The summed E-state index contributed by atoms with van der Waals surface area (Å²) in [4.78, 5) is 10.9. The van der Waals surface area contributed by atoms with Gasteiger partial charge in [-0.05, 0) is 36.8 Å². The fraction of sp³-hybridized carbons (Fsp3) is 0.462. The van der Waals surface area contributed by atoms with Gasteiger partial charge in [0.2, 0.25) is 0 Å². The van der Waals surface area contributed by atoms with Gasteiger partial charge in [0, 0.05) is 0 Å². The second-order valence-electron chi connectivity index (χ2n) is 4.47. The third kappa shape index (κ3) is 2.09. The predicted octanol–water partition coefficient (Wildman–Crippen LogP) is 2.32. The topological polar surface area (TPSA) is 57.5 Å². The van der Waals surface area contributed by atoms with Gasteiger partial charge in [-0.3, -0.25) is 4.79 Å². The zero-order chi connectivity index (χ0) is 11.7. The van der Waals surface area contributed by atoms with E-state index in [4.69, 9.17) is 5.11 Å². The van der Waals surface area contributed by atoms with Crippen molar-refractivity contribution in [2.24, 2.45) is 5.92 Å². The molecule has 16 heavy (non-hydrogen) atoms. The first-order valence-electron chi connectivity index (χ1n) is 5.61. The second-order valence-corrected chi connectivity index (χ2v) is 4.47. The molecule has 0 amide bonds. The van der Waals surface area contributed by atoms with E-state index in [0.717, 1.165) is 24.0 Å². The second kappa shape index (κ2) is 4.26. The van der Waals surface area contributed by atoms with Crippen LogP contribution in [0.3, 0.4) is 0 Å². The maximum Gasteiger partial charge on any atom is 0.309 e. The fourth-order valence-electron chi connectivity index (χ4n) is 1.95. The Hall–Kier alpha value is -1.35. The van der Waals surface area contributed by atoms with Crippen molar-refractivity contribution in [3.05, 3.63) is 35.4 Å². The molecule has 1 aromatic rings. The molecule has 0 spiro atoms. The Morgan fingerprint density at radius 3 is 2.56 bits per heavy atom. The van der Waals surface area contributed by atoms with Crippen molar-refractivity contribution < 1.29 is 15.0 Å². The first-order valence-corrected chi connectivity index (χ1v) is 5.61. The van der Waals surface area contributed by atoms with Crippen LogP contribution < -0.4 is 0 Å². The average molecular weight is 220 g/mol. The number of aliphatic hydroxyl groups excluding tert-OH is 1. The summed E-state index contributed by atoms with van der Waals surface area (Å²) in [5, 5.41) is 18.9. The lowest BCUT2D eigenvalue weighted by Crippen LogP contribution is -2.19. The van der Waals surface area contributed by atoms with Crippen LogP contribution in [-0.2, 0) is 4.79 Å². The van der Waals surface area contributed by atoms with E-state index in [1.807, 2.05) is 24.3 Å². The Bertz CT molecular complexity index is 396. The van der Waals surface area contributed by atoms with Crippen LogP contribution in [0.25, 0.3) is 0 Å². The van der Waals surface area contributed by atoms with Crippen molar-refractivity contribution in [3.63, 3.8) is 0 Å². The Balaban J connectivity index is 2.28. The van der Waals surface area contributed by atoms with Crippen LogP contribution in [0.5, 0.6) is 0 Å². The molecule has 1 saturated carbocycles. The molecule has 0 bridgehead atoms. The Morgan fingerprint density at radius 1 is 1.38 bits per heavy atom. The van der Waals surface area contributed by atoms with Gasteiger partial charge in [0.1, 0.15) is 0 Å². The van der Waals surface area contributed by atoms with Gasteiger partial charge >= 0.3 is 5.97 Å². The van der Waals surface area contributed by atoms with Crippen LogP contribution in [-0.4, -0.2) is 16.2 Å². The molecule has 86 valence electrons. The normalized spacial score (nSPS) is 19.1. The summed E-state index contributed by atoms with van der Waals surface area (Å²) in [5.41, 5.74) is 1.89. The molecular weight excluding hydrogens is 204 g/mol. The number of rotatable bonds is 4. The monoisotopic (exact) mass is 220 g/mol. The highest BCUT2D eigenvalue weighted by molar-refractivity contribution is 5.70. The summed E-state index contributed by atoms with van der Waals surface area (Å²) in [6, 6.07) is 7.61. The lowest BCUT2D eigenvalue weighted by atomic mass is 9.92. The van der Waals surface area contributed by atoms with E-state index in [1.165, 1.54) is 6.92 Å². The Labute approximate surface area is 94.7 Å². The summed E-state index contributed by atoms with van der Waals surface area (Å²) in [6.45, 7) is 1.54. The summed E-state index contributed by atoms with van der Waals surface area (Å²) < 4.78 is 0. The largest absolute Gasteiger partial charge is 0.481 e. The van der Waals surface area contributed by atoms with Gasteiger partial charge < -0.3 is 10.2 Å². The smallest absolute Gasteiger partial charge is 0.309 e. The molecule has 1 fully saturated rings. The predicted molar refractivity (Wildman–Crippen MR) is 60.2 cm³/mol. The van der Waals surface area contributed by atoms with E-state index in [9.17, 15) is 9.90 Å². The van der Waals surface area contributed by atoms with Crippen LogP contribution in [0.4, 0.5) is 0 Å². The number of aliphatic hydroxyl groups is 1. The maximum absolute atomic E-state index is 10.9. The third-order valence-corrected chi connectivity index (χ3v) is 3.19. The molecule has 2 unspecified atom stereocenters. The quantitative estimate of drug-likeness (QED) is 0.818. The summed E-state index contributed by atoms with van der Waals surface area (Å²) in [5.74, 6) is -1.20. The zero-order valence-corrected chi connectivity index (χ0v) is 9.26. The summed E-state index contributed by atoms with van der Waals surface area (Å²) in [7, 11) is 0. The van der Waals surface area contributed by atoms with Crippen LogP contribution in [0.2, 0.25) is 0 Å². The van der Waals surface area contributed by atoms with Crippen molar-refractivity contribution in [2.45, 2.75) is 31.8 Å². The van der Waals surface area contributed by atoms with Crippen molar-refractivity contribution in [2.75, 3.05) is 0 Å². The van der Waals surface area contributed by atoms with Gasteiger partial charge in [-0.25, -0.2) is 0 Å². The number of carboxylic acids is 1. The highest BCUT2D eigenvalue weighted by atomic mass is 16.4. The number of carboxylic acid groups (broad SMARTS) is 1. The molecule has 2 rings (SSSR count). The first kappa shape index (κ1) is 11.1. The highest BCUT2D eigenvalue weighted by Gasteiger charge is 2.30. The molecule has 0 radical (unpaired) electrons. The van der Waals surface area contributed by atoms with E-state index in [1.54, 1.807) is 0 Å². The summed E-state index contributed by atoms with van der Waals surface area (Å²) in [6.07, 6.45) is 1.38. The van der Waals surface area contributed by atoms with Crippen molar-refractivity contribution in [1.82, 2.24) is 0 Å². The van der Waals surface area contributed by atoms with Gasteiger partial charge in [-0.2, -0.15) is 0 Å². The van der Waals surface area contributed by atoms with Crippen molar-refractivity contribution in [3.8, 4) is 0 Å². The lowest BCUT2D eigenvalue weighted by molar-refractivity contribution is -0.145. The first-order chi connectivity index (χ1) is 7.61. The van der Waals surface area contributed by atoms with Crippen molar-refractivity contribution in [1.29, 1.82) is 0 Å². The molecule has 0 aromatic heterocycles. The molecule has 2 N–H and O–H groups in total. The molecule has 1 aliphatic carbocycles. The SMILES string of the molecule is CC(C(=O)O)C(O)c1ccccc1C1CC1. The molecule has 0 aliphatic heterocycles. The molecule has 3 heteroatoms. The van der Waals surface area contributed by atoms with Crippen LogP contribution in [0.1, 0.15) is 42.9 Å². The number of aliphatic carboxylic acids is 1. The highest BCUT2D eigenvalue weighted by Crippen LogP contribution is 2.43. The minimum atomic E-state index is -0.960. The van der Waals surface area contributed by atoms with Gasteiger partial charge in [0.05, 0.1) is 12.0 Å². The van der Waals surface area contributed by atoms with E-state index in [2.05, 4.69) is 0 Å². The third-order valence-electron chi connectivity index (χ3n) is 3.19. The molecule has 0 heterocycles. The average Bonchev–Trinajstić information content (AvgIpc) is 3.11. The van der Waals surface area contributed by atoms with Gasteiger partial charge in [-0.15, -0.1) is 0 Å². The standard InChI is InChI=1S/C13H16O3/c1-8(13(15)16)12(14)11-5-3-2-4-10(11)9-6-7-9/h2-5,8-9,12,14H,6-7H2,1H3,(H,15,16). The van der Waals surface area contributed by atoms with E-state index in [-0.39, 0.29) is 0 Å². The lowest BCUT2D eigenvalue weighted by Gasteiger charge is -2.18. The molecule has 1 aliphatic rings. The summed E-state index contributed by atoms with van der Waals surface area (Å²) >= 11 is 0. The minimum absolute atomic E-state index is 0.520. The molecule has 0 saturated heterocycles. The molecule has 1 aromatic carbocycles. The van der Waals surface area contributed by atoms with Crippen LogP contribution >= 0.6 is 0 Å². The van der Waals surface area contributed by atoms with E-state index in [0.29, 0.717) is 5.92 Å². The van der Waals surface area contributed by atoms with Gasteiger partial charge in [-0.1, -0.05) is 24.3 Å². The Kier molecular flexibility index (Phi) is 2.97. The molecular formula is C13H16O3. The Morgan fingerprint density at radius 2 is 2.00 bits per heavy atom. The zero-order valence-electron chi connectivity index (χ0n) is 9.26. The fourth-order valence-corrected chi connectivity index (χ4v) is 1.95. The molecule has 2 atom stereocenters. The number of carbonyl (C=O) groups is 1. The van der Waals surface area contributed by atoms with Crippen molar-refractivity contribution >= 4 is 5.97 Å². The van der Waals surface area contributed by atoms with E-state index >= 15 is 0 Å².